The number of unbranched alkanes of at least 4 members (excludes halogenated alkanes) is 13. The zero-order chi connectivity index (χ0) is 18.3. The minimum atomic E-state index is -1.51. The predicted octanol–water partition coefficient (Wildman–Crippen LogP) is 8.49. The second kappa shape index (κ2) is 14.4. The molecule has 1 nitrogen and oxygen atoms in total. The summed E-state index contributed by atoms with van der Waals surface area (Å²) in [5.41, 5.74) is 0. The lowest BCUT2D eigenvalue weighted by molar-refractivity contribution is 0.277. The minimum Gasteiger partial charge on any atom is -0.417 e. The second-order valence-corrected chi connectivity index (χ2v) is 14.0. The van der Waals surface area contributed by atoms with Crippen LogP contribution in [0.3, 0.4) is 0 Å². The SMILES string of the molecule is CCCCCCCCCCCCCCCCO[Si](C)(C)C(C)(C)C. The van der Waals surface area contributed by atoms with Gasteiger partial charge in [-0.3, -0.25) is 0 Å². The summed E-state index contributed by atoms with van der Waals surface area (Å²) in [4.78, 5) is 0. The van der Waals surface area contributed by atoms with Gasteiger partial charge in [-0.05, 0) is 24.6 Å². The summed E-state index contributed by atoms with van der Waals surface area (Å²) >= 11 is 0. The maximum atomic E-state index is 6.24. The maximum absolute atomic E-state index is 6.24. The first-order valence-electron chi connectivity index (χ1n) is 10.9. The van der Waals surface area contributed by atoms with Gasteiger partial charge in [0.1, 0.15) is 0 Å². The lowest BCUT2D eigenvalue weighted by Gasteiger charge is -2.36. The summed E-state index contributed by atoms with van der Waals surface area (Å²) in [6, 6.07) is 0. The van der Waals surface area contributed by atoms with Gasteiger partial charge in [0.05, 0.1) is 0 Å². The van der Waals surface area contributed by atoms with E-state index in [1.807, 2.05) is 0 Å². The fourth-order valence-electron chi connectivity index (χ4n) is 2.84. The molecular weight excluding hydrogens is 308 g/mol. The molecule has 0 spiro atoms. The van der Waals surface area contributed by atoms with Gasteiger partial charge >= 0.3 is 0 Å². The molecule has 0 bridgehead atoms. The average Bonchev–Trinajstić information content (AvgIpc) is 2.50. The van der Waals surface area contributed by atoms with Crippen molar-refractivity contribution in [3.05, 3.63) is 0 Å². The molecule has 0 saturated heterocycles. The van der Waals surface area contributed by atoms with Crippen molar-refractivity contribution in [2.24, 2.45) is 0 Å². The van der Waals surface area contributed by atoms with E-state index in [-0.39, 0.29) is 0 Å². The van der Waals surface area contributed by atoms with Crippen LogP contribution < -0.4 is 0 Å². The zero-order valence-electron chi connectivity index (χ0n) is 18.0. The van der Waals surface area contributed by atoms with Gasteiger partial charge in [-0.2, -0.15) is 0 Å². The second-order valence-electron chi connectivity index (χ2n) is 9.20. The molecule has 0 aromatic rings. The molecule has 24 heavy (non-hydrogen) atoms. The standard InChI is InChI=1S/C22H48OSi/c1-7-8-9-10-11-12-13-14-15-16-17-18-19-20-21-23-24(5,6)22(2,3)4/h7-21H2,1-6H3. The molecule has 0 rings (SSSR count). The Balaban J connectivity index is 3.24. The van der Waals surface area contributed by atoms with Gasteiger partial charge in [0.15, 0.2) is 8.32 Å². The maximum Gasteiger partial charge on any atom is 0.191 e. The number of hydrogen-bond donors (Lipinski definition) is 0. The van der Waals surface area contributed by atoms with E-state index in [9.17, 15) is 0 Å². The fourth-order valence-corrected chi connectivity index (χ4v) is 3.93. The van der Waals surface area contributed by atoms with Crippen molar-refractivity contribution in [2.75, 3.05) is 6.61 Å². The molecule has 0 radical (unpaired) electrons. The molecule has 0 aliphatic heterocycles. The van der Waals surface area contributed by atoms with E-state index in [0.717, 1.165) is 6.61 Å². The molecule has 0 aliphatic rings. The molecule has 0 amide bonds. The highest BCUT2D eigenvalue weighted by Crippen LogP contribution is 2.36. The van der Waals surface area contributed by atoms with Crippen LogP contribution in [0.4, 0.5) is 0 Å². The molecule has 0 aromatic carbocycles. The van der Waals surface area contributed by atoms with E-state index >= 15 is 0 Å². The Morgan fingerprint density at radius 1 is 0.583 bits per heavy atom. The average molecular weight is 357 g/mol. The third kappa shape index (κ3) is 13.5. The van der Waals surface area contributed by atoms with Gasteiger partial charge < -0.3 is 4.43 Å². The van der Waals surface area contributed by atoms with Crippen LogP contribution in [-0.2, 0) is 4.43 Å². The Morgan fingerprint density at radius 3 is 1.25 bits per heavy atom. The third-order valence-electron chi connectivity index (χ3n) is 5.77. The van der Waals surface area contributed by atoms with Gasteiger partial charge in [-0.1, -0.05) is 111 Å². The first kappa shape index (κ1) is 24.2. The Labute approximate surface area is 155 Å². The molecule has 0 unspecified atom stereocenters. The summed E-state index contributed by atoms with van der Waals surface area (Å²) < 4.78 is 6.24. The van der Waals surface area contributed by atoms with Crippen molar-refractivity contribution in [2.45, 2.75) is 136 Å². The summed E-state index contributed by atoms with van der Waals surface area (Å²) in [5, 5.41) is 0.350. The van der Waals surface area contributed by atoms with Gasteiger partial charge in [0.2, 0.25) is 0 Å². The molecule has 0 saturated carbocycles. The van der Waals surface area contributed by atoms with Crippen LogP contribution in [-0.4, -0.2) is 14.9 Å². The first-order chi connectivity index (χ1) is 11.3. The normalized spacial score (nSPS) is 12.8. The summed E-state index contributed by atoms with van der Waals surface area (Å²) in [7, 11) is -1.51. The van der Waals surface area contributed by atoms with Gasteiger partial charge in [-0.25, -0.2) is 0 Å². The van der Waals surface area contributed by atoms with E-state index in [0.29, 0.717) is 5.04 Å². The molecule has 0 atom stereocenters. The Morgan fingerprint density at radius 2 is 0.917 bits per heavy atom. The largest absolute Gasteiger partial charge is 0.417 e. The van der Waals surface area contributed by atoms with Gasteiger partial charge in [-0.15, -0.1) is 0 Å². The van der Waals surface area contributed by atoms with Crippen LogP contribution in [0.5, 0.6) is 0 Å². The lowest BCUT2D eigenvalue weighted by atomic mass is 10.0. The van der Waals surface area contributed by atoms with Crippen molar-refractivity contribution in [1.82, 2.24) is 0 Å². The molecule has 0 N–H and O–H groups in total. The highest BCUT2D eigenvalue weighted by Gasteiger charge is 2.36. The molecule has 2 heteroatoms. The highest BCUT2D eigenvalue weighted by molar-refractivity contribution is 6.74. The van der Waals surface area contributed by atoms with Crippen molar-refractivity contribution < 1.29 is 4.43 Å². The Kier molecular flexibility index (Phi) is 14.5. The van der Waals surface area contributed by atoms with E-state index in [2.05, 4.69) is 40.8 Å². The quantitative estimate of drug-likeness (QED) is 0.199. The van der Waals surface area contributed by atoms with Crippen LogP contribution in [0.2, 0.25) is 18.1 Å². The van der Waals surface area contributed by atoms with Crippen LogP contribution in [0.25, 0.3) is 0 Å². The predicted molar refractivity (Wildman–Crippen MR) is 113 cm³/mol. The molecule has 0 aromatic heterocycles. The third-order valence-corrected chi connectivity index (χ3v) is 10.3. The monoisotopic (exact) mass is 356 g/mol. The summed E-state index contributed by atoms with van der Waals surface area (Å²) in [5.74, 6) is 0. The molecular formula is C22H48OSi. The van der Waals surface area contributed by atoms with Crippen LogP contribution in [0.1, 0.15) is 118 Å². The van der Waals surface area contributed by atoms with Crippen molar-refractivity contribution in [3.63, 3.8) is 0 Å². The van der Waals surface area contributed by atoms with Crippen molar-refractivity contribution in [1.29, 1.82) is 0 Å². The minimum absolute atomic E-state index is 0.350. The summed E-state index contributed by atoms with van der Waals surface area (Å²) in [6.45, 7) is 15.0. The van der Waals surface area contributed by atoms with Gasteiger partial charge in [0, 0.05) is 6.61 Å². The van der Waals surface area contributed by atoms with E-state index < -0.39 is 8.32 Å². The Hall–Kier alpha value is 0.177. The number of hydrogen-bond acceptors (Lipinski definition) is 1. The van der Waals surface area contributed by atoms with Crippen molar-refractivity contribution >= 4 is 8.32 Å². The fraction of sp³-hybridized carbons (Fsp3) is 1.00. The molecule has 146 valence electrons. The topological polar surface area (TPSA) is 9.23 Å². The first-order valence-corrected chi connectivity index (χ1v) is 13.9. The molecule has 0 heterocycles. The van der Waals surface area contributed by atoms with Gasteiger partial charge in [0.25, 0.3) is 0 Å². The van der Waals surface area contributed by atoms with E-state index in [1.165, 1.54) is 89.9 Å². The summed E-state index contributed by atoms with van der Waals surface area (Å²) in [6.07, 6.45) is 19.9. The number of rotatable bonds is 16. The lowest BCUT2D eigenvalue weighted by Crippen LogP contribution is -2.40. The van der Waals surface area contributed by atoms with Crippen LogP contribution in [0.15, 0.2) is 0 Å². The van der Waals surface area contributed by atoms with Crippen LogP contribution >= 0.6 is 0 Å². The molecule has 0 fully saturated rings. The van der Waals surface area contributed by atoms with Crippen LogP contribution in [0, 0.1) is 0 Å². The Bertz CT molecular complexity index is 268. The smallest absolute Gasteiger partial charge is 0.191 e. The van der Waals surface area contributed by atoms with E-state index in [1.54, 1.807) is 0 Å². The van der Waals surface area contributed by atoms with Crippen molar-refractivity contribution in [3.8, 4) is 0 Å². The van der Waals surface area contributed by atoms with E-state index in [4.69, 9.17) is 4.43 Å². The zero-order valence-corrected chi connectivity index (χ0v) is 19.0. The highest BCUT2D eigenvalue weighted by atomic mass is 28.4. The molecule has 0 aliphatic carbocycles.